The lowest BCUT2D eigenvalue weighted by Crippen LogP contribution is -2.52. The molecule has 0 saturated heterocycles. The van der Waals surface area contributed by atoms with Crippen LogP contribution in [0.2, 0.25) is 0 Å². The second kappa shape index (κ2) is 2.21. The highest BCUT2D eigenvalue weighted by Gasteiger charge is 2.50. The van der Waals surface area contributed by atoms with Crippen LogP contribution >= 0.6 is 0 Å². The fourth-order valence-corrected chi connectivity index (χ4v) is 1.28. The molecule has 1 amide bonds. The number of nitrogens with two attached hydrogens (primary N) is 1. The molecule has 11 heavy (non-hydrogen) atoms. The Morgan fingerprint density at radius 3 is 2.00 bits per heavy atom. The lowest BCUT2D eigenvalue weighted by molar-refractivity contribution is -0.121. The average Bonchev–Trinajstić information content (AvgIpc) is 2.43. The Balaban J connectivity index is 2.55. The van der Waals surface area contributed by atoms with Gasteiger partial charge in [0.2, 0.25) is 5.91 Å². The van der Waals surface area contributed by atoms with Crippen LogP contribution < -0.4 is 11.1 Å². The second-order valence-corrected chi connectivity index (χ2v) is 4.32. The van der Waals surface area contributed by atoms with Gasteiger partial charge in [-0.05, 0) is 33.6 Å². The molecule has 0 heterocycles. The lowest BCUT2D eigenvalue weighted by Gasteiger charge is -2.26. The molecule has 1 aliphatic carbocycles. The maximum absolute atomic E-state index is 10.9. The van der Waals surface area contributed by atoms with E-state index >= 15 is 0 Å². The summed E-state index contributed by atoms with van der Waals surface area (Å²) in [5, 5.41) is 3.23. The summed E-state index contributed by atoms with van der Waals surface area (Å²) in [6, 6.07) is 0. The Labute approximate surface area is 67.3 Å². The van der Waals surface area contributed by atoms with Crippen molar-refractivity contribution in [3.8, 4) is 0 Å². The zero-order chi connectivity index (χ0) is 8.70. The molecule has 0 aliphatic heterocycles. The summed E-state index contributed by atoms with van der Waals surface area (Å²) in [5.74, 6) is -0.215. The van der Waals surface area contributed by atoms with Gasteiger partial charge in [-0.15, -0.1) is 0 Å². The second-order valence-electron chi connectivity index (χ2n) is 4.32. The van der Waals surface area contributed by atoms with Crippen LogP contribution in [0.1, 0.15) is 33.6 Å². The van der Waals surface area contributed by atoms with Crippen LogP contribution in [0.5, 0.6) is 0 Å². The van der Waals surface area contributed by atoms with E-state index in [-0.39, 0.29) is 17.0 Å². The summed E-state index contributed by atoms with van der Waals surface area (Å²) in [4.78, 5) is 10.9. The van der Waals surface area contributed by atoms with Crippen molar-refractivity contribution in [1.82, 2.24) is 5.32 Å². The van der Waals surface area contributed by atoms with Crippen molar-refractivity contribution in [1.29, 1.82) is 0 Å². The third-order valence-electron chi connectivity index (χ3n) is 1.84. The minimum Gasteiger partial charge on any atom is -0.368 e. The molecule has 0 spiro atoms. The van der Waals surface area contributed by atoms with Crippen molar-refractivity contribution in [2.75, 3.05) is 0 Å². The first-order chi connectivity index (χ1) is 4.86. The molecule has 0 aromatic rings. The summed E-state index contributed by atoms with van der Waals surface area (Å²) in [6.45, 7) is 6.11. The van der Waals surface area contributed by atoms with E-state index in [0.717, 1.165) is 12.8 Å². The van der Waals surface area contributed by atoms with Crippen LogP contribution in [0.15, 0.2) is 0 Å². The third kappa shape index (κ3) is 1.93. The minimum absolute atomic E-state index is 0.0223. The lowest BCUT2D eigenvalue weighted by atomic mass is 10.1. The normalized spacial score (nSPS) is 21.4. The van der Waals surface area contributed by atoms with Crippen molar-refractivity contribution < 1.29 is 4.79 Å². The van der Waals surface area contributed by atoms with Crippen molar-refractivity contribution in [2.45, 2.75) is 44.7 Å². The topological polar surface area (TPSA) is 55.1 Å². The molecule has 1 aliphatic rings. The van der Waals surface area contributed by atoms with Gasteiger partial charge in [0.25, 0.3) is 0 Å². The zero-order valence-electron chi connectivity index (χ0n) is 7.40. The van der Waals surface area contributed by atoms with Gasteiger partial charge in [0.15, 0.2) is 0 Å². The van der Waals surface area contributed by atoms with E-state index in [2.05, 4.69) is 5.32 Å². The van der Waals surface area contributed by atoms with Crippen molar-refractivity contribution in [2.24, 2.45) is 5.73 Å². The first-order valence-electron chi connectivity index (χ1n) is 3.95. The summed E-state index contributed by atoms with van der Waals surface area (Å²) in [6.07, 6.45) is 1.78. The van der Waals surface area contributed by atoms with Crippen molar-refractivity contribution >= 4 is 5.91 Å². The fraction of sp³-hybridized carbons (Fsp3) is 0.875. The number of rotatable bonds is 2. The average molecular weight is 156 g/mol. The van der Waals surface area contributed by atoms with Crippen LogP contribution in [0.3, 0.4) is 0 Å². The third-order valence-corrected chi connectivity index (χ3v) is 1.84. The Hall–Kier alpha value is -0.570. The number of hydrogen-bond donors (Lipinski definition) is 2. The highest BCUT2D eigenvalue weighted by Crippen LogP contribution is 2.36. The monoisotopic (exact) mass is 156 g/mol. The van der Waals surface area contributed by atoms with Gasteiger partial charge in [-0.3, -0.25) is 10.1 Å². The van der Waals surface area contributed by atoms with Gasteiger partial charge in [0.05, 0.1) is 5.54 Å². The Morgan fingerprint density at radius 2 is 1.91 bits per heavy atom. The summed E-state index contributed by atoms with van der Waals surface area (Å²) in [7, 11) is 0. The van der Waals surface area contributed by atoms with Crippen LogP contribution in [0.25, 0.3) is 0 Å². The van der Waals surface area contributed by atoms with E-state index in [9.17, 15) is 4.79 Å². The molecule has 64 valence electrons. The van der Waals surface area contributed by atoms with E-state index in [0.29, 0.717) is 0 Å². The van der Waals surface area contributed by atoms with Crippen molar-refractivity contribution in [3.05, 3.63) is 0 Å². The highest BCUT2D eigenvalue weighted by molar-refractivity contribution is 5.87. The van der Waals surface area contributed by atoms with Crippen LogP contribution in [-0.4, -0.2) is 17.0 Å². The smallest absolute Gasteiger partial charge is 0.237 e. The van der Waals surface area contributed by atoms with Gasteiger partial charge < -0.3 is 5.73 Å². The molecule has 0 aromatic carbocycles. The maximum Gasteiger partial charge on any atom is 0.237 e. The van der Waals surface area contributed by atoms with Crippen LogP contribution in [0.4, 0.5) is 0 Å². The van der Waals surface area contributed by atoms with Crippen LogP contribution in [-0.2, 0) is 4.79 Å². The molecule has 0 atom stereocenters. The minimum atomic E-state index is -0.377. The molecule has 1 saturated carbocycles. The predicted octanol–water partition coefficient (Wildman–Crippen LogP) is 0.392. The fourth-order valence-electron chi connectivity index (χ4n) is 1.28. The largest absolute Gasteiger partial charge is 0.368 e. The number of nitrogens with one attached hydrogen (secondary N) is 1. The van der Waals surface area contributed by atoms with E-state index in [1.807, 2.05) is 20.8 Å². The van der Waals surface area contributed by atoms with Crippen molar-refractivity contribution in [3.63, 3.8) is 0 Å². The van der Waals surface area contributed by atoms with E-state index in [1.165, 1.54) is 0 Å². The predicted molar refractivity (Wildman–Crippen MR) is 44.0 cm³/mol. The number of amides is 1. The van der Waals surface area contributed by atoms with E-state index in [4.69, 9.17) is 5.73 Å². The number of carbonyl (C=O) groups is 1. The quantitative estimate of drug-likeness (QED) is 0.607. The van der Waals surface area contributed by atoms with Gasteiger partial charge in [0.1, 0.15) is 0 Å². The molecule has 1 rings (SSSR count). The zero-order valence-corrected chi connectivity index (χ0v) is 7.40. The van der Waals surface area contributed by atoms with E-state index in [1.54, 1.807) is 0 Å². The van der Waals surface area contributed by atoms with Gasteiger partial charge in [0, 0.05) is 5.54 Å². The highest BCUT2D eigenvalue weighted by atomic mass is 16.1. The molecule has 0 radical (unpaired) electrons. The number of carbonyl (C=O) groups excluding carboxylic acids is 1. The first-order valence-corrected chi connectivity index (χ1v) is 3.95. The van der Waals surface area contributed by atoms with Gasteiger partial charge in [-0.25, -0.2) is 0 Å². The maximum atomic E-state index is 10.9. The molecule has 3 nitrogen and oxygen atoms in total. The SMILES string of the molecule is CC(C)(C)NC1(C(N)=O)CC1. The molecule has 3 heteroatoms. The molecular formula is C8H16N2O. The summed E-state index contributed by atoms with van der Waals surface area (Å²) in [5.41, 5.74) is 4.84. The molecular weight excluding hydrogens is 140 g/mol. The Morgan fingerprint density at radius 1 is 1.45 bits per heavy atom. The van der Waals surface area contributed by atoms with Gasteiger partial charge >= 0.3 is 0 Å². The molecule has 0 aromatic heterocycles. The van der Waals surface area contributed by atoms with Gasteiger partial charge in [-0.1, -0.05) is 0 Å². The van der Waals surface area contributed by atoms with Gasteiger partial charge in [-0.2, -0.15) is 0 Å². The first kappa shape index (κ1) is 8.53. The summed E-state index contributed by atoms with van der Waals surface area (Å²) >= 11 is 0. The standard InChI is InChI=1S/C8H16N2O/c1-7(2,3)10-8(4-5-8)6(9)11/h10H,4-5H2,1-3H3,(H2,9,11). The summed E-state index contributed by atoms with van der Waals surface area (Å²) < 4.78 is 0. The molecule has 3 N–H and O–H groups in total. The van der Waals surface area contributed by atoms with Crippen LogP contribution in [0, 0.1) is 0 Å². The molecule has 0 unspecified atom stereocenters. The molecule has 0 bridgehead atoms. The Kier molecular flexibility index (Phi) is 1.71. The van der Waals surface area contributed by atoms with E-state index < -0.39 is 0 Å². The molecule has 1 fully saturated rings. The number of hydrogen-bond acceptors (Lipinski definition) is 2. The Bertz CT molecular complexity index is 177. The number of primary amides is 1.